The lowest BCUT2D eigenvalue weighted by Gasteiger charge is -2.38. The molecule has 3 saturated carbocycles. The quantitative estimate of drug-likeness (QED) is 0.281. The predicted molar refractivity (Wildman–Crippen MR) is 194 cm³/mol. The molecule has 16 aliphatic rings. The Morgan fingerprint density at radius 1 is 0.356 bits per heavy atom. The van der Waals surface area contributed by atoms with Gasteiger partial charge in [0.05, 0.1) is 0 Å². The maximum Gasteiger partial charge on any atom is 0.0483 e. The van der Waals surface area contributed by atoms with E-state index in [0.29, 0.717) is 0 Å². The predicted octanol–water partition coefficient (Wildman–Crippen LogP) is 5.51. The lowest BCUT2D eigenvalue weighted by atomic mass is 9.82. The highest BCUT2D eigenvalue weighted by Gasteiger charge is 2.35. The summed E-state index contributed by atoms with van der Waals surface area (Å²) < 4.78 is 0. The zero-order valence-electron chi connectivity index (χ0n) is 26.9. The molecule has 264 valence electrons. The standard InChI is InChI=1S/2C7H13N.C6H11N.C5H10N2.2C5H9N.3CH4/c1-4-8-5-2-7(1)3-6-8;1-3-7-4-2-6(1)5-8-7;1-3-7-4-2-6(1)5-7;1-2-7-3-5(1)6-4-7;2*1-2-5-3-4(1)6-5;;;/h7H,1-6H2;6-8H,1-5H2;6H,1-5H2;5-6H,1-4H2;2*4-6H,1-3H2;3*1H4. The Balaban J connectivity index is 0.000000122. The summed E-state index contributed by atoms with van der Waals surface area (Å²) in [6.45, 7) is 13.5. The smallest absolute Gasteiger partial charge is 0.0483 e. The highest BCUT2D eigenvalue weighted by Crippen LogP contribution is 2.30. The molecule has 3 aliphatic carbocycles. The van der Waals surface area contributed by atoms with Crippen molar-refractivity contribution in [3.8, 4) is 0 Å². The van der Waals surface area contributed by atoms with Crippen LogP contribution in [0.15, 0.2) is 0 Å². The van der Waals surface area contributed by atoms with Crippen LogP contribution in [0.25, 0.3) is 0 Å². The largest absolute Gasteiger partial charge is 0.314 e. The first-order chi connectivity index (χ1) is 20.7. The van der Waals surface area contributed by atoms with E-state index in [1.807, 2.05) is 0 Å². The fourth-order valence-electron chi connectivity index (χ4n) is 9.80. The van der Waals surface area contributed by atoms with Crippen molar-refractivity contribution < 1.29 is 0 Å². The molecule has 7 heteroatoms. The van der Waals surface area contributed by atoms with Gasteiger partial charge in [-0.3, -0.25) is 4.90 Å². The summed E-state index contributed by atoms with van der Waals surface area (Å²) in [5.74, 6) is 3.25. The second kappa shape index (κ2) is 18.5. The Kier molecular flexibility index (Phi) is 15.4. The molecule has 0 amide bonds. The molecule has 0 aromatic rings. The molecule has 4 N–H and O–H groups in total. The van der Waals surface area contributed by atoms with Gasteiger partial charge < -0.3 is 31.1 Å². The van der Waals surface area contributed by atoms with Crippen LogP contribution in [0, 0.1) is 17.8 Å². The van der Waals surface area contributed by atoms with Gasteiger partial charge in [0, 0.05) is 62.6 Å². The third kappa shape index (κ3) is 10.9. The highest BCUT2D eigenvalue weighted by molar-refractivity contribution is 4.97. The van der Waals surface area contributed by atoms with E-state index in [9.17, 15) is 0 Å². The fourth-order valence-corrected chi connectivity index (χ4v) is 9.80. The van der Waals surface area contributed by atoms with Gasteiger partial charge in [-0.2, -0.15) is 0 Å². The van der Waals surface area contributed by atoms with Crippen molar-refractivity contribution in [2.75, 3.05) is 65.6 Å². The minimum absolute atomic E-state index is 0. The topological polar surface area (TPSA) is 57.8 Å². The molecule has 0 aromatic heterocycles. The van der Waals surface area contributed by atoms with E-state index >= 15 is 0 Å². The van der Waals surface area contributed by atoms with Crippen LogP contribution < -0.4 is 21.3 Å². The molecule has 0 radical (unpaired) electrons. The molecule has 13 saturated heterocycles. The Hall–Kier alpha value is -0.280. The molecule has 0 aromatic carbocycles. The summed E-state index contributed by atoms with van der Waals surface area (Å²) in [5.41, 5.74) is 0. The van der Waals surface area contributed by atoms with Crippen LogP contribution in [0.5, 0.6) is 0 Å². The number of fused-ring (bicyclic) bond motifs is 12. The molecule has 13 heterocycles. The molecule has 6 unspecified atom stereocenters. The minimum atomic E-state index is 0. The van der Waals surface area contributed by atoms with Gasteiger partial charge in [-0.25, -0.2) is 0 Å². The molecule has 45 heavy (non-hydrogen) atoms. The van der Waals surface area contributed by atoms with E-state index < -0.39 is 0 Å². The molecule has 16 rings (SSSR count). The summed E-state index contributed by atoms with van der Waals surface area (Å²) in [6.07, 6.45) is 23.4. The minimum Gasteiger partial charge on any atom is -0.314 e. The van der Waals surface area contributed by atoms with Gasteiger partial charge in [0.25, 0.3) is 0 Å². The third-order valence-electron chi connectivity index (χ3n) is 13.0. The highest BCUT2D eigenvalue weighted by atomic mass is 15.3. The van der Waals surface area contributed by atoms with Gasteiger partial charge >= 0.3 is 0 Å². The van der Waals surface area contributed by atoms with Crippen molar-refractivity contribution >= 4 is 0 Å². The number of nitrogens with zero attached hydrogens (tertiary/aromatic N) is 3. The van der Waals surface area contributed by atoms with Crippen molar-refractivity contribution in [3.63, 3.8) is 0 Å². The number of hydrogen-bond acceptors (Lipinski definition) is 7. The van der Waals surface area contributed by atoms with Crippen molar-refractivity contribution in [3.05, 3.63) is 0 Å². The summed E-state index contributed by atoms with van der Waals surface area (Å²) in [5, 5.41) is 13.7. The van der Waals surface area contributed by atoms with Gasteiger partial charge in [-0.1, -0.05) is 22.3 Å². The molecular formula is C38H77N7. The molecule has 13 aliphatic heterocycles. The van der Waals surface area contributed by atoms with Gasteiger partial charge in [-0.05, 0) is 160 Å². The zero-order chi connectivity index (χ0) is 28.1. The Morgan fingerprint density at radius 3 is 0.933 bits per heavy atom. The monoisotopic (exact) mass is 632 g/mol. The van der Waals surface area contributed by atoms with Crippen LogP contribution >= 0.6 is 0 Å². The third-order valence-corrected chi connectivity index (χ3v) is 13.0. The van der Waals surface area contributed by atoms with E-state index in [0.717, 1.165) is 60.7 Å². The van der Waals surface area contributed by atoms with Gasteiger partial charge in [0.2, 0.25) is 0 Å². The second-order valence-corrected chi connectivity index (χ2v) is 16.1. The SMILES string of the molecule is C.C.C.C1CC2CC1N2.C1CC2CC1N2.C1CC2CCC1CN2.C1CN2CCC1C2.C1CN2CCC1CC2.C1CN2CNC1C2. The number of piperidine rings is 6. The summed E-state index contributed by atoms with van der Waals surface area (Å²) in [6, 6.07) is 5.51. The number of hydrogen-bond donors (Lipinski definition) is 4. The molecule has 12 bridgehead atoms. The number of nitrogens with one attached hydrogen (secondary N) is 4. The molecule has 7 nitrogen and oxygen atoms in total. The van der Waals surface area contributed by atoms with Crippen LogP contribution in [-0.4, -0.2) is 117 Å². The van der Waals surface area contributed by atoms with E-state index in [2.05, 4.69) is 36.0 Å². The normalized spacial score (nSPS) is 44.8. The molecule has 0 spiro atoms. The molecular weight excluding hydrogens is 554 g/mol. The lowest BCUT2D eigenvalue weighted by molar-refractivity contribution is 0.111. The van der Waals surface area contributed by atoms with Crippen molar-refractivity contribution in [1.29, 1.82) is 0 Å². The van der Waals surface area contributed by atoms with E-state index in [1.165, 1.54) is 162 Å². The number of rotatable bonds is 0. The average Bonchev–Trinajstić information content (AvgIpc) is 3.89. The Morgan fingerprint density at radius 2 is 0.822 bits per heavy atom. The van der Waals surface area contributed by atoms with Crippen molar-refractivity contribution in [2.45, 2.75) is 161 Å². The summed E-state index contributed by atoms with van der Waals surface area (Å²) in [7, 11) is 0. The van der Waals surface area contributed by atoms with Crippen LogP contribution in [0.4, 0.5) is 0 Å². The summed E-state index contributed by atoms with van der Waals surface area (Å²) >= 11 is 0. The fraction of sp³-hybridized carbons (Fsp3) is 1.00. The Labute approximate surface area is 280 Å². The Bertz CT molecular complexity index is 623. The first kappa shape index (κ1) is 37.5. The van der Waals surface area contributed by atoms with Crippen molar-refractivity contribution in [1.82, 2.24) is 36.0 Å². The lowest BCUT2D eigenvalue weighted by Crippen LogP contribution is -2.44. The van der Waals surface area contributed by atoms with Crippen molar-refractivity contribution in [2.24, 2.45) is 17.8 Å². The molecule has 16 fully saturated rings. The van der Waals surface area contributed by atoms with Gasteiger partial charge in [0.1, 0.15) is 0 Å². The molecule has 6 atom stereocenters. The zero-order valence-corrected chi connectivity index (χ0v) is 26.9. The second-order valence-electron chi connectivity index (χ2n) is 16.1. The van der Waals surface area contributed by atoms with Crippen LogP contribution in [0.2, 0.25) is 0 Å². The van der Waals surface area contributed by atoms with E-state index in [-0.39, 0.29) is 22.3 Å². The first-order valence-electron chi connectivity index (χ1n) is 18.9. The van der Waals surface area contributed by atoms with Gasteiger partial charge in [0.15, 0.2) is 0 Å². The maximum atomic E-state index is 3.52. The first-order valence-corrected chi connectivity index (χ1v) is 18.9. The van der Waals surface area contributed by atoms with Gasteiger partial charge in [-0.15, -0.1) is 0 Å². The van der Waals surface area contributed by atoms with E-state index in [4.69, 9.17) is 0 Å². The van der Waals surface area contributed by atoms with Crippen LogP contribution in [0.1, 0.15) is 125 Å². The average molecular weight is 632 g/mol. The van der Waals surface area contributed by atoms with Crippen LogP contribution in [0.3, 0.4) is 0 Å². The van der Waals surface area contributed by atoms with E-state index in [1.54, 1.807) is 0 Å². The van der Waals surface area contributed by atoms with Crippen LogP contribution in [-0.2, 0) is 0 Å². The summed E-state index contributed by atoms with van der Waals surface area (Å²) in [4.78, 5) is 7.59. The maximum absolute atomic E-state index is 3.52.